The molecular formula is C13H16ClNO3. The standard InChI is InChI=1S/C13H16ClNO3/c1-9(13(17)18)15(2)12(16)8-5-10-3-6-11(14)7-4-10/h3-4,6-7,9H,5,8H2,1-2H3,(H,17,18). The Morgan fingerprint density at radius 1 is 1.33 bits per heavy atom. The summed E-state index contributed by atoms with van der Waals surface area (Å²) < 4.78 is 0. The Morgan fingerprint density at radius 3 is 2.39 bits per heavy atom. The molecule has 0 aliphatic rings. The molecule has 0 aromatic heterocycles. The van der Waals surface area contributed by atoms with Crippen molar-refractivity contribution in [2.75, 3.05) is 7.05 Å². The minimum Gasteiger partial charge on any atom is -0.480 e. The Bertz CT molecular complexity index is 430. The van der Waals surface area contributed by atoms with E-state index in [0.717, 1.165) is 5.56 Å². The SMILES string of the molecule is CC(C(=O)O)N(C)C(=O)CCc1ccc(Cl)cc1. The molecule has 0 aliphatic heterocycles. The second-order valence-electron chi connectivity index (χ2n) is 4.15. The van der Waals surface area contributed by atoms with Crippen molar-refractivity contribution in [3.05, 3.63) is 34.9 Å². The highest BCUT2D eigenvalue weighted by Gasteiger charge is 2.20. The normalized spacial score (nSPS) is 11.9. The van der Waals surface area contributed by atoms with Gasteiger partial charge < -0.3 is 10.0 Å². The molecule has 1 atom stereocenters. The number of aryl methyl sites for hydroxylation is 1. The van der Waals surface area contributed by atoms with Crippen LogP contribution in [-0.4, -0.2) is 35.0 Å². The predicted molar refractivity (Wildman–Crippen MR) is 69.6 cm³/mol. The lowest BCUT2D eigenvalue weighted by atomic mass is 10.1. The quantitative estimate of drug-likeness (QED) is 0.892. The van der Waals surface area contributed by atoms with Crippen LogP contribution >= 0.6 is 11.6 Å². The van der Waals surface area contributed by atoms with Crippen molar-refractivity contribution in [3.8, 4) is 0 Å². The minimum atomic E-state index is -1.00. The smallest absolute Gasteiger partial charge is 0.326 e. The van der Waals surface area contributed by atoms with Crippen LogP contribution in [0.3, 0.4) is 0 Å². The summed E-state index contributed by atoms with van der Waals surface area (Å²) in [6, 6.07) is 6.45. The average Bonchev–Trinajstić information content (AvgIpc) is 2.35. The largest absolute Gasteiger partial charge is 0.480 e. The first kappa shape index (κ1) is 14.5. The van der Waals surface area contributed by atoms with Crippen molar-refractivity contribution in [1.82, 2.24) is 4.90 Å². The zero-order valence-electron chi connectivity index (χ0n) is 10.4. The van der Waals surface area contributed by atoms with E-state index in [1.54, 1.807) is 12.1 Å². The Labute approximate surface area is 111 Å². The summed E-state index contributed by atoms with van der Waals surface area (Å²) in [5.74, 6) is -1.18. The Balaban J connectivity index is 2.50. The number of hydrogen-bond acceptors (Lipinski definition) is 2. The number of carboxylic acids is 1. The summed E-state index contributed by atoms with van der Waals surface area (Å²) >= 11 is 5.76. The highest BCUT2D eigenvalue weighted by molar-refractivity contribution is 6.30. The maximum atomic E-state index is 11.8. The van der Waals surface area contributed by atoms with E-state index in [4.69, 9.17) is 16.7 Å². The molecule has 0 radical (unpaired) electrons. The fraction of sp³-hybridized carbons (Fsp3) is 0.385. The lowest BCUT2D eigenvalue weighted by Gasteiger charge is -2.21. The second-order valence-corrected chi connectivity index (χ2v) is 4.58. The fourth-order valence-corrected chi connectivity index (χ4v) is 1.59. The van der Waals surface area contributed by atoms with Gasteiger partial charge in [-0.1, -0.05) is 23.7 Å². The number of benzene rings is 1. The molecule has 1 amide bonds. The van der Waals surface area contributed by atoms with Crippen LogP contribution in [0, 0.1) is 0 Å². The van der Waals surface area contributed by atoms with Gasteiger partial charge in [-0.3, -0.25) is 4.79 Å². The monoisotopic (exact) mass is 269 g/mol. The molecule has 1 N–H and O–H groups in total. The average molecular weight is 270 g/mol. The Morgan fingerprint density at radius 2 is 1.89 bits per heavy atom. The van der Waals surface area contributed by atoms with Gasteiger partial charge in [0.15, 0.2) is 0 Å². The number of carbonyl (C=O) groups is 2. The second kappa shape index (κ2) is 6.40. The molecule has 98 valence electrons. The molecule has 0 bridgehead atoms. The number of likely N-dealkylation sites (N-methyl/N-ethyl adjacent to an activating group) is 1. The zero-order valence-corrected chi connectivity index (χ0v) is 11.1. The first-order chi connectivity index (χ1) is 8.41. The summed E-state index contributed by atoms with van der Waals surface area (Å²) in [5, 5.41) is 9.46. The molecule has 0 saturated carbocycles. The number of carbonyl (C=O) groups excluding carboxylic acids is 1. The van der Waals surface area contributed by atoms with Crippen LogP contribution in [0.4, 0.5) is 0 Å². The van der Waals surface area contributed by atoms with E-state index < -0.39 is 12.0 Å². The van der Waals surface area contributed by atoms with Crippen molar-refractivity contribution in [1.29, 1.82) is 0 Å². The summed E-state index contributed by atoms with van der Waals surface area (Å²) in [6.07, 6.45) is 0.864. The predicted octanol–water partition coefficient (Wildman–Crippen LogP) is 2.20. The fourth-order valence-electron chi connectivity index (χ4n) is 1.46. The lowest BCUT2D eigenvalue weighted by molar-refractivity contribution is -0.148. The highest BCUT2D eigenvalue weighted by Crippen LogP contribution is 2.11. The first-order valence-electron chi connectivity index (χ1n) is 5.64. The minimum absolute atomic E-state index is 0.181. The van der Waals surface area contributed by atoms with Gasteiger partial charge in [-0.05, 0) is 31.0 Å². The van der Waals surface area contributed by atoms with E-state index in [1.165, 1.54) is 18.9 Å². The number of halogens is 1. The van der Waals surface area contributed by atoms with Gasteiger partial charge >= 0.3 is 5.97 Å². The molecular weight excluding hydrogens is 254 g/mol. The van der Waals surface area contributed by atoms with Gasteiger partial charge in [0.25, 0.3) is 0 Å². The maximum absolute atomic E-state index is 11.8. The van der Waals surface area contributed by atoms with Crippen molar-refractivity contribution in [2.24, 2.45) is 0 Å². The van der Waals surface area contributed by atoms with Crippen LogP contribution < -0.4 is 0 Å². The van der Waals surface area contributed by atoms with Crippen molar-refractivity contribution >= 4 is 23.5 Å². The number of aliphatic carboxylic acids is 1. The summed E-state index contributed by atoms with van der Waals surface area (Å²) in [5.41, 5.74) is 1.00. The zero-order chi connectivity index (χ0) is 13.7. The number of hydrogen-bond donors (Lipinski definition) is 1. The van der Waals surface area contributed by atoms with Crippen LogP contribution in [0.15, 0.2) is 24.3 Å². The van der Waals surface area contributed by atoms with Crippen molar-refractivity contribution in [2.45, 2.75) is 25.8 Å². The van der Waals surface area contributed by atoms with E-state index in [9.17, 15) is 9.59 Å². The van der Waals surface area contributed by atoms with Gasteiger partial charge in [-0.15, -0.1) is 0 Å². The van der Waals surface area contributed by atoms with Gasteiger partial charge in [0.05, 0.1) is 0 Å². The molecule has 1 aromatic carbocycles. The molecule has 18 heavy (non-hydrogen) atoms. The molecule has 1 unspecified atom stereocenters. The molecule has 0 fully saturated rings. The molecule has 0 aliphatic carbocycles. The van der Waals surface area contributed by atoms with E-state index in [2.05, 4.69) is 0 Å². The number of carboxylic acid groups (broad SMARTS) is 1. The Kier molecular flexibility index (Phi) is 5.16. The van der Waals surface area contributed by atoms with E-state index in [-0.39, 0.29) is 12.3 Å². The van der Waals surface area contributed by atoms with Crippen molar-refractivity contribution in [3.63, 3.8) is 0 Å². The third-order valence-corrected chi connectivity index (χ3v) is 3.12. The third kappa shape index (κ3) is 4.04. The van der Waals surface area contributed by atoms with Crippen LogP contribution in [0.1, 0.15) is 18.9 Å². The first-order valence-corrected chi connectivity index (χ1v) is 6.02. The van der Waals surface area contributed by atoms with Gasteiger partial charge in [0, 0.05) is 18.5 Å². The molecule has 1 aromatic rings. The number of rotatable bonds is 5. The van der Waals surface area contributed by atoms with Gasteiger partial charge in [0.1, 0.15) is 6.04 Å². The van der Waals surface area contributed by atoms with Gasteiger partial charge in [0.2, 0.25) is 5.91 Å². The molecule has 1 rings (SSSR count). The van der Waals surface area contributed by atoms with Crippen LogP contribution in [-0.2, 0) is 16.0 Å². The number of nitrogens with zero attached hydrogens (tertiary/aromatic N) is 1. The van der Waals surface area contributed by atoms with E-state index >= 15 is 0 Å². The van der Waals surface area contributed by atoms with E-state index in [1.807, 2.05) is 12.1 Å². The molecule has 4 nitrogen and oxygen atoms in total. The van der Waals surface area contributed by atoms with Gasteiger partial charge in [-0.2, -0.15) is 0 Å². The molecule has 0 heterocycles. The van der Waals surface area contributed by atoms with Crippen LogP contribution in [0.25, 0.3) is 0 Å². The lowest BCUT2D eigenvalue weighted by Crippen LogP contribution is -2.40. The Hall–Kier alpha value is -1.55. The van der Waals surface area contributed by atoms with Crippen LogP contribution in [0.2, 0.25) is 5.02 Å². The molecule has 0 spiro atoms. The molecule has 5 heteroatoms. The topological polar surface area (TPSA) is 57.6 Å². The number of amides is 1. The summed E-state index contributed by atoms with van der Waals surface area (Å²) in [7, 11) is 1.50. The summed E-state index contributed by atoms with van der Waals surface area (Å²) in [6.45, 7) is 1.49. The van der Waals surface area contributed by atoms with Crippen molar-refractivity contribution < 1.29 is 14.7 Å². The highest BCUT2D eigenvalue weighted by atomic mass is 35.5. The van der Waals surface area contributed by atoms with Crippen LogP contribution in [0.5, 0.6) is 0 Å². The van der Waals surface area contributed by atoms with E-state index in [0.29, 0.717) is 11.4 Å². The summed E-state index contributed by atoms with van der Waals surface area (Å²) in [4.78, 5) is 23.8. The molecule has 0 saturated heterocycles. The maximum Gasteiger partial charge on any atom is 0.326 e. The third-order valence-electron chi connectivity index (χ3n) is 2.87. The van der Waals surface area contributed by atoms with Gasteiger partial charge in [-0.25, -0.2) is 4.79 Å².